The summed E-state index contributed by atoms with van der Waals surface area (Å²) in [6.07, 6.45) is 0.899. The summed E-state index contributed by atoms with van der Waals surface area (Å²) in [6, 6.07) is 3.84. The second-order valence-corrected chi connectivity index (χ2v) is 5.31. The maximum absolute atomic E-state index is 10.1. The Morgan fingerprint density at radius 2 is 2.35 bits per heavy atom. The van der Waals surface area contributed by atoms with E-state index in [1.807, 2.05) is 29.2 Å². The van der Waals surface area contributed by atoms with Crippen molar-refractivity contribution in [2.75, 3.05) is 0 Å². The number of hydrogen-bond acceptors (Lipinski definition) is 3. The summed E-state index contributed by atoms with van der Waals surface area (Å²) in [5.74, 6) is 0. The number of rotatable bonds is 4. The van der Waals surface area contributed by atoms with Crippen LogP contribution in [0.15, 0.2) is 17.5 Å². The zero-order valence-electron chi connectivity index (χ0n) is 9.85. The molecule has 0 aliphatic rings. The molecule has 92 valence electrons. The van der Waals surface area contributed by atoms with Gasteiger partial charge in [-0.1, -0.05) is 18.5 Å². The predicted molar refractivity (Wildman–Crippen MR) is 70.6 cm³/mol. The van der Waals surface area contributed by atoms with Gasteiger partial charge < -0.3 is 5.11 Å². The van der Waals surface area contributed by atoms with Gasteiger partial charge >= 0.3 is 0 Å². The van der Waals surface area contributed by atoms with Gasteiger partial charge in [-0.25, -0.2) is 0 Å². The number of aromatic nitrogens is 2. The molecule has 5 heteroatoms. The number of aliphatic hydroxyl groups excluding tert-OH is 1. The van der Waals surface area contributed by atoms with Gasteiger partial charge in [-0.15, -0.1) is 11.3 Å². The fourth-order valence-electron chi connectivity index (χ4n) is 1.77. The summed E-state index contributed by atoms with van der Waals surface area (Å²) in [5, 5.41) is 17.0. The summed E-state index contributed by atoms with van der Waals surface area (Å²) < 4.78 is 1.82. The summed E-state index contributed by atoms with van der Waals surface area (Å²) in [4.78, 5) is 0.825. The van der Waals surface area contributed by atoms with Crippen molar-refractivity contribution < 1.29 is 5.11 Å². The maximum atomic E-state index is 10.1. The Hall–Kier alpha value is -0.840. The van der Waals surface area contributed by atoms with E-state index < -0.39 is 6.10 Å². The van der Waals surface area contributed by atoms with E-state index in [0.717, 1.165) is 22.7 Å². The number of halogens is 1. The molecule has 0 radical (unpaired) electrons. The summed E-state index contributed by atoms with van der Waals surface area (Å²) in [7, 11) is 1.90. The molecule has 2 aromatic heterocycles. The Kier molecular flexibility index (Phi) is 3.86. The molecule has 0 aliphatic carbocycles. The lowest BCUT2D eigenvalue weighted by atomic mass is 10.1. The quantitative estimate of drug-likeness (QED) is 0.928. The third-order valence-electron chi connectivity index (χ3n) is 2.74. The van der Waals surface area contributed by atoms with E-state index in [0.29, 0.717) is 11.4 Å². The van der Waals surface area contributed by atoms with Crippen LogP contribution in [-0.2, 0) is 19.9 Å². The molecule has 0 fully saturated rings. The van der Waals surface area contributed by atoms with Crippen molar-refractivity contribution >= 4 is 22.9 Å². The number of thiophene rings is 1. The van der Waals surface area contributed by atoms with Crippen LogP contribution in [0.1, 0.15) is 29.3 Å². The van der Waals surface area contributed by atoms with Crippen molar-refractivity contribution in [1.82, 2.24) is 9.78 Å². The van der Waals surface area contributed by atoms with E-state index in [1.165, 1.54) is 11.3 Å². The Balaban J connectivity index is 2.15. The van der Waals surface area contributed by atoms with Gasteiger partial charge in [0.2, 0.25) is 0 Å². The van der Waals surface area contributed by atoms with Crippen LogP contribution in [0, 0.1) is 0 Å². The van der Waals surface area contributed by atoms with Crippen LogP contribution in [-0.4, -0.2) is 14.9 Å². The van der Waals surface area contributed by atoms with Crippen molar-refractivity contribution in [2.45, 2.75) is 25.9 Å². The van der Waals surface area contributed by atoms with Crippen LogP contribution in [0.2, 0.25) is 5.02 Å². The van der Waals surface area contributed by atoms with Crippen molar-refractivity contribution in [2.24, 2.45) is 7.05 Å². The second-order valence-electron chi connectivity index (χ2n) is 3.96. The zero-order valence-corrected chi connectivity index (χ0v) is 11.4. The average molecular weight is 271 g/mol. The molecule has 2 rings (SSSR count). The molecular formula is C12H15ClN2OS. The van der Waals surface area contributed by atoms with E-state index in [9.17, 15) is 5.11 Å². The van der Waals surface area contributed by atoms with Crippen LogP contribution in [0.5, 0.6) is 0 Å². The molecule has 2 heterocycles. The lowest BCUT2D eigenvalue weighted by Gasteiger charge is -2.09. The SMILES string of the molecule is CCc1cc(CC(O)c2sccc2Cl)n(C)n1. The first-order chi connectivity index (χ1) is 8.11. The van der Waals surface area contributed by atoms with Gasteiger partial charge in [0.05, 0.1) is 21.7 Å². The minimum Gasteiger partial charge on any atom is -0.387 e. The van der Waals surface area contributed by atoms with Gasteiger partial charge in [0.25, 0.3) is 0 Å². The molecular weight excluding hydrogens is 256 g/mol. The third kappa shape index (κ3) is 2.70. The molecule has 17 heavy (non-hydrogen) atoms. The Labute approximate surface area is 110 Å². The molecule has 0 saturated heterocycles. The highest BCUT2D eigenvalue weighted by molar-refractivity contribution is 7.10. The first kappa shape index (κ1) is 12.6. The fourth-order valence-corrected chi connectivity index (χ4v) is 2.94. The Morgan fingerprint density at radius 1 is 1.59 bits per heavy atom. The largest absolute Gasteiger partial charge is 0.387 e. The number of nitrogens with zero attached hydrogens (tertiary/aromatic N) is 2. The summed E-state index contributed by atoms with van der Waals surface area (Å²) >= 11 is 7.48. The van der Waals surface area contributed by atoms with Crippen LogP contribution >= 0.6 is 22.9 Å². The molecule has 0 saturated carbocycles. The van der Waals surface area contributed by atoms with Crippen molar-refractivity contribution in [3.63, 3.8) is 0 Å². The first-order valence-corrected chi connectivity index (χ1v) is 6.80. The monoisotopic (exact) mass is 270 g/mol. The van der Waals surface area contributed by atoms with Gasteiger partial charge in [-0.05, 0) is 23.9 Å². The maximum Gasteiger partial charge on any atom is 0.0952 e. The second kappa shape index (κ2) is 5.21. The Bertz CT molecular complexity index is 506. The summed E-state index contributed by atoms with van der Waals surface area (Å²) in [5.41, 5.74) is 2.07. The van der Waals surface area contributed by atoms with E-state index in [2.05, 4.69) is 12.0 Å². The Morgan fingerprint density at radius 3 is 2.88 bits per heavy atom. The molecule has 1 N–H and O–H groups in total. The molecule has 1 unspecified atom stereocenters. The van der Waals surface area contributed by atoms with Crippen LogP contribution in [0.25, 0.3) is 0 Å². The van der Waals surface area contributed by atoms with Crippen LogP contribution < -0.4 is 0 Å². The molecule has 2 aromatic rings. The van der Waals surface area contributed by atoms with Gasteiger partial charge in [0, 0.05) is 19.2 Å². The highest BCUT2D eigenvalue weighted by Gasteiger charge is 2.16. The number of aryl methyl sites for hydroxylation is 2. The highest BCUT2D eigenvalue weighted by Crippen LogP contribution is 2.30. The lowest BCUT2D eigenvalue weighted by molar-refractivity contribution is 0.179. The third-order valence-corrected chi connectivity index (χ3v) is 4.20. The molecule has 0 amide bonds. The molecule has 0 spiro atoms. The molecule has 0 aromatic carbocycles. The van der Waals surface area contributed by atoms with Gasteiger partial charge in [-0.3, -0.25) is 4.68 Å². The number of hydrogen-bond donors (Lipinski definition) is 1. The van der Waals surface area contributed by atoms with E-state index >= 15 is 0 Å². The summed E-state index contributed by atoms with van der Waals surface area (Å²) in [6.45, 7) is 2.07. The van der Waals surface area contributed by atoms with E-state index in [1.54, 1.807) is 0 Å². The molecule has 0 bridgehead atoms. The fraction of sp³-hybridized carbons (Fsp3) is 0.417. The molecule has 1 atom stereocenters. The smallest absolute Gasteiger partial charge is 0.0952 e. The van der Waals surface area contributed by atoms with E-state index in [4.69, 9.17) is 11.6 Å². The minimum absolute atomic E-state index is 0.545. The standard InChI is InChI=1S/C12H15ClN2OS/c1-3-8-6-9(15(2)14-8)7-11(16)12-10(13)4-5-17-12/h4-6,11,16H,3,7H2,1-2H3. The van der Waals surface area contributed by atoms with Crippen molar-refractivity contribution in [3.05, 3.63) is 38.8 Å². The predicted octanol–water partition coefficient (Wildman–Crippen LogP) is 2.97. The first-order valence-electron chi connectivity index (χ1n) is 5.54. The van der Waals surface area contributed by atoms with Gasteiger partial charge in [0.15, 0.2) is 0 Å². The highest BCUT2D eigenvalue weighted by atomic mass is 35.5. The normalized spacial score (nSPS) is 12.9. The van der Waals surface area contributed by atoms with Gasteiger partial charge in [0.1, 0.15) is 0 Å². The molecule has 0 aliphatic heterocycles. The van der Waals surface area contributed by atoms with Crippen LogP contribution in [0.4, 0.5) is 0 Å². The van der Waals surface area contributed by atoms with Crippen LogP contribution in [0.3, 0.4) is 0 Å². The van der Waals surface area contributed by atoms with E-state index in [-0.39, 0.29) is 0 Å². The van der Waals surface area contributed by atoms with Crippen molar-refractivity contribution in [3.8, 4) is 0 Å². The van der Waals surface area contributed by atoms with Crippen molar-refractivity contribution in [1.29, 1.82) is 0 Å². The number of aliphatic hydroxyl groups is 1. The van der Waals surface area contributed by atoms with Gasteiger partial charge in [-0.2, -0.15) is 5.10 Å². The average Bonchev–Trinajstić information content (AvgIpc) is 2.86. The molecule has 3 nitrogen and oxygen atoms in total. The lowest BCUT2D eigenvalue weighted by Crippen LogP contribution is -2.05. The minimum atomic E-state index is -0.553. The zero-order chi connectivity index (χ0) is 12.4. The topological polar surface area (TPSA) is 38.0 Å².